The van der Waals surface area contributed by atoms with Crippen molar-refractivity contribution < 1.29 is 0 Å². The lowest BCUT2D eigenvalue weighted by atomic mass is 9.39. The van der Waals surface area contributed by atoms with E-state index in [1.165, 1.54) is 65.5 Å². The topological polar surface area (TPSA) is 3.24 Å². The number of nitrogens with zero attached hydrogens (tertiary/aromatic N) is 1. The molecule has 0 atom stereocenters. The first-order valence-electron chi connectivity index (χ1n) is 11.3. The van der Waals surface area contributed by atoms with Crippen molar-refractivity contribution in [2.45, 2.75) is 0 Å². The monoisotopic (exact) mass is 407 g/mol. The molecule has 0 radical (unpaired) electrons. The number of anilines is 1. The van der Waals surface area contributed by atoms with Crippen molar-refractivity contribution in [3.8, 4) is 11.1 Å². The average molecular weight is 407 g/mol. The maximum atomic E-state index is 2.45. The maximum Gasteiger partial charge on any atom is 0.242 e. The van der Waals surface area contributed by atoms with E-state index in [0.717, 1.165) is 0 Å². The Hall–Kier alpha value is -3.78. The third kappa shape index (κ3) is 2.24. The van der Waals surface area contributed by atoms with Crippen LogP contribution in [0.1, 0.15) is 0 Å². The lowest BCUT2D eigenvalue weighted by molar-refractivity contribution is 1.14. The lowest BCUT2D eigenvalue weighted by Gasteiger charge is -2.20. The highest BCUT2D eigenvalue weighted by Crippen LogP contribution is 2.42. The molecule has 6 aromatic carbocycles. The van der Waals surface area contributed by atoms with Crippen LogP contribution in [0.15, 0.2) is 97.1 Å². The second kappa shape index (κ2) is 6.37. The molecule has 2 heteroatoms. The van der Waals surface area contributed by atoms with Crippen LogP contribution in [-0.2, 0) is 0 Å². The Morgan fingerprint density at radius 1 is 0.594 bits per heavy atom. The van der Waals surface area contributed by atoms with Gasteiger partial charge in [0, 0.05) is 25.2 Å². The molecule has 0 N–H and O–H groups in total. The number of fused-ring (bicyclic) bond motifs is 4. The minimum absolute atomic E-state index is 0.279. The van der Waals surface area contributed by atoms with Gasteiger partial charge in [-0.15, -0.1) is 0 Å². The number of benzene rings is 6. The van der Waals surface area contributed by atoms with Crippen molar-refractivity contribution in [3.63, 3.8) is 0 Å². The summed E-state index contributed by atoms with van der Waals surface area (Å²) < 4.78 is 0. The fourth-order valence-corrected chi connectivity index (χ4v) is 5.95. The molecule has 0 bridgehead atoms. The highest BCUT2D eigenvalue weighted by Gasteiger charge is 2.34. The number of rotatable bonds is 2. The molecule has 0 saturated heterocycles. The molecule has 1 aliphatic rings. The van der Waals surface area contributed by atoms with Gasteiger partial charge in [0.1, 0.15) is 0 Å². The standard InChI is InChI=1S/C30H22BN/c1-32(2)27-17-14-19-12-16-24-29-20(13-15-23(27)28(19)29)18-26-30(24)22-10-6-7-11-25(22)31(26)21-8-4-3-5-9-21/h3-18H,1-2H3. The molecule has 0 amide bonds. The van der Waals surface area contributed by atoms with Gasteiger partial charge in [-0.3, -0.25) is 0 Å². The zero-order chi connectivity index (χ0) is 21.4. The summed E-state index contributed by atoms with van der Waals surface area (Å²) in [7, 11) is 4.26. The van der Waals surface area contributed by atoms with E-state index in [2.05, 4.69) is 116 Å². The van der Waals surface area contributed by atoms with Crippen LogP contribution in [0, 0.1) is 0 Å². The molecular weight excluding hydrogens is 385 g/mol. The van der Waals surface area contributed by atoms with E-state index in [1.807, 2.05) is 0 Å². The number of hydrogen-bond acceptors (Lipinski definition) is 1. The van der Waals surface area contributed by atoms with E-state index >= 15 is 0 Å². The van der Waals surface area contributed by atoms with Crippen molar-refractivity contribution >= 4 is 61.1 Å². The third-order valence-corrected chi connectivity index (χ3v) is 7.26. The quantitative estimate of drug-likeness (QED) is 0.283. The molecule has 32 heavy (non-hydrogen) atoms. The van der Waals surface area contributed by atoms with Crippen LogP contribution < -0.4 is 21.3 Å². The summed E-state index contributed by atoms with van der Waals surface area (Å²) in [5, 5.41) is 8.13. The first-order chi connectivity index (χ1) is 15.7. The van der Waals surface area contributed by atoms with E-state index in [4.69, 9.17) is 0 Å². The van der Waals surface area contributed by atoms with Gasteiger partial charge in [-0.2, -0.15) is 0 Å². The predicted octanol–water partition coefficient (Wildman–Crippen LogP) is 5.15. The fraction of sp³-hybridized carbons (Fsp3) is 0.0667. The first kappa shape index (κ1) is 17.9. The molecule has 0 unspecified atom stereocenters. The van der Waals surface area contributed by atoms with Crippen LogP contribution in [0.3, 0.4) is 0 Å². The zero-order valence-corrected chi connectivity index (χ0v) is 18.3. The van der Waals surface area contributed by atoms with E-state index < -0.39 is 0 Å². The minimum atomic E-state index is 0.279. The van der Waals surface area contributed by atoms with Crippen LogP contribution in [0.5, 0.6) is 0 Å². The van der Waals surface area contributed by atoms with E-state index in [-0.39, 0.29) is 6.71 Å². The summed E-state index contributed by atoms with van der Waals surface area (Å²) in [6.45, 7) is 0.279. The van der Waals surface area contributed by atoms with Crippen LogP contribution >= 0.6 is 0 Å². The Morgan fingerprint density at radius 3 is 2.12 bits per heavy atom. The first-order valence-corrected chi connectivity index (χ1v) is 11.3. The summed E-state index contributed by atoms with van der Waals surface area (Å²) in [6.07, 6.45) is 0. The predicted molar refractivity (Wildman–Crippen MR) is 141 cm³/mol. The molecule has 0 spiro atoms. The van der Waals surface area contributed by atoms with Gasteiger partial charge in [-0.1, -0.05) is 107 Å². The molecule has 1 aliphatic heterocycles. The van der Waals surface area contributed by atoms with Crippen molar-refractivity contribution in [3.05, 3.63) is 97.1 Å². The Labute approximate surface area is 188 Å². The summed E-state index contributed by atoms with van der Waals surface area (Å²) >= 11 is 0. The van der Waals surface area contributed by atoms with Gasteiger partial charge in [0.15, 0.2) is 0 Å². The molecule has 1 nitrogen and oxygen atoms in total. The Kier molecular flexibility index (Phi) is 3.55. The van der Waals surface area contributed by atoms with E-state index in [1.54, 1.807) is 0 Å². The third-order valence-electron chi connectivity index (χ3n) is 7.26. The maximum absolute atomic E-state index is 2.45. The summed E-state index contributed by atoms with van der Waals surface area (Å²) in [5.41, 5.74) is 8.26. The molecule has 1 heterocycles. The van der Waals surface area contributed by atoms with E-state index in [9.17, 15) is 0 Å². The Balaban J connectivity index is 1.66. The van der Waals surface area contributed by atoms with Crippen LogP contribution in [0.25, 0.3) is 43.4 Å². The molecule has 0 aromatic heterocycles. The summed E-state index contributed by atoms with van der Waals surface area (Å²) in [4.78, 5) is 2.22. The Morgan fingerprint density at radius 2 is 1.28 bits per heavy atom. The number of hydrogen-bond donors (Lipinski definition) is 0. The SMILES string of the molecule is CN(C)c1ccc2ccc3c4c(cc5ccc1c2c53)B(c1ccccc1)c1ccccc1-4. The molecule has 0 saturated carbocycles. The van der Waals surface area contributed by atoms with Gasteiger partial charge in [0.25, 0.3) is 0 Å². The molecule has 0 fully saturated rings. The second-order valence-corrected chi connectivity index (χ2v) is 9.17. The molecule has 7 rings (SSSR count). The van der Waals surface area contributed by atoms with Gasteiger partial charge in [0.05, 0.1) is 0 Å². The van der Waals surface area contributed by atoms with Crippen molar-refractivity contribution in [2.75, 3.05) is 19.0 Å². The molecule has 0 aliphatic carbocycles. The smallest absolute Gasteiger partial charge is 0.242 e. The zero-order valence-electron chi connectivity index (χ0n) is 18.3. The lowest BCUT2D eigenvalue weighted by Crippen LogP contribution is -2.48. The van der Waals surface area contributed by atoms with Gasteiger partial charge >= 0.3 is 0 Å². The molecule has 150 valence electrons. The minimum Gasteiger partial charge on any atom is -0.377 e. The van der Waals surface area contributed by atoms with E-state index in [0.29, 0.717) is 0 Å². The van der Waals surface area contributed by atoms with Crippen molar-refractivity contribution in [1.82, 2.24) is 0 Å². The van der Waals surface area contributed by atoms with Gasteiger partial charge in [-0.25, -0.2) is 0 Å². The molecular formula is C30H22BN. The molecule has 6 aromatic rings. The van der Waals surface area contributed by atoms with Crippen molar-refractivity contribution in [2.24, 2.45) is 0 Å². The largest absolute Gasteiger partial charge is 0.377 e. The van der Waals surface area contributed by atoms with Crippen LogP contribution in [-0.4, -0.2) is 20.8 Å². The second-order valence-electron chi connectivity index (χ2n) is 9.17. The van der Waals surface area contributed by atoms with Crippen molar-refractivity contribution in [1.29, 1.82) is 0 Å². The normalized spacial score (nSPS) is 12.6. The van der Waals surface area contributed by atoms with Crippen LogP contribution in [0.2, 0.25) is 0 Å². The van der Waals surface area contributed by atoms with Gasteiger partial charge < -0.3 is 4.90 Å². The van der Waals surface area contributed by atoms with Gasteiger partial charge in [-0.05, 0) is 44.1 Å². The fourth-order valence-electron chi connectivity index (χ4n) is 5.95. The highest BCUT2D eigenvalue weighted by atomic mass is 15.1. The summed E-state index contributed by atoms with van der Waals surface area (Å²) in [5.74, 6) is 0. The average Bonchev–Trinajstić information content (AvgIpc) is 3.16. The summed E-state index contributed by atoms with van der Waals surface area (Å²) in [6, 6.07) is 36.2. The highest BCUT2D eigenvalue weighted by molar-refractivity contribution is 6.99. The Bertz CT molecular complexity index is 1650. The van der Waals surface area contributed by atoms with Gasteiger partial charge in [0.2, 0.25) is 6.71 Å². The van der Waals surface area contributed by atoms with Crippen LogP contribution in [0.4, 0.5) is 5.69 Å².